The molecule has 2 rings (SSSR count). The molecule has 2 aromatic carbocycles. The number of rotatable bonds is 5. The topological polar surface area (TPSA) is 35.2 Å². The Labute approximate surface area is 148 Å². The van der Waals surface area contributed by atoms with Gasteiger partial charge in [-0.2, -0.15) is 0 Å². The third kappa shape index (κ3) is 3.97. The molecule has 0 saturated carbocycles. The second-order valence-electron chi connectivity index (χ2n) is 8.53. The van der Waals surface area contributed by atoms with Crippen LogP contribution in [0.2, 0.25) is 19.6 Å². The summed E-state index contributed by atoms with van der Waals surface area (Å²) in [6.45, 7) is 13.2. The number of nitrogens with two attached hydrogens (primary N) is 1. The lowest BCUT2D eigenvalue weighted by molar-refractivity contribution is 0.0283. The first-order valence-corrected chi connectivity index (χ1v) is 12.0. The highest BCUT2D eigenvalue weighted by Gasteiger charge is 2.48. The molecule has 0 bridgehead atoms. The van der Waals surface area contributed by atoms with Gasteiger partial charge in [-0.25, -0.2) is 0 Å². The molecule has 0 unspecified atom stereocenters. The van der Waals surface area contributed by atoms with Crippen LogP contribution < -0.4 is 5.73 Å². The predicted molar refractivity (Wildman–Crippen MR) is 106 cm³/mol. The van der Waals surface area contributed by atoms with Crippen LogP contribution in [0.3, 0.4) is 0 Å². The minimum Gasteiger partial charge on any atom is -0.403 e. The first kappa shape index (κ1) is 18.9. The van der Waals surface area contributed by atoms with Crippen LogP contribution in [0, 0.1) is 5.41 Å². The van der Waals surface area contributed by atoms with Crippen molar-refractivity contribution < 1.29 is 4.43 Å². The van der Waals surface area contributed by atoms with Crippen molar-refractivity contribution in [3.63, 3.8) is 0 Å². The molecule has 0 heterocycles. The summed E-state index contributed by atoms with van der Waals surface area (Å²) < 4.78 is 6.90. The van der Waals surface area contributed by atoms with Crippen molar-refractivity contribution in [2.45, 2.75) is 52.1 Å². The molecule has 130 valence electrons. The van der Waals surface area contributed by atoms with Gasteiger partial charge in [-0.1, -0.05) is 81.4 Å². The average molecular weight is 342 g/mol. The number of hydrogen-bond acceptors (Lipinski definition) is 2. The zero-order valence-electron chi connectivity index (χ0n) is 15.8. The van der Waals surface area contributed by atoms with Crippen LogP contribution in [0.4, 0.5) is 0 Å². The van der Waals surface area contributed by atoms with Crippen molar-refractivity contribution in [1.82, 2.24) is 0 Å². The van der Waals surface area contributed by atoms with Crippen molar-refractivity contribution in [3.8, 4) is 0 Å². The van der Waals surface area contributed by atoms with E-state index in [1.54, 1.807) is 0 Å². The lowest BCUT2D eigenvalue weighted by atomic mass is 9.70. The molecule has 0 aliphatic rings. The van der Waals surface area contributed by atoms with E-state index in [0.717, 1.165) is 11.1 Å². The maximum Gasteiger partial charge on any atom is 0.185 e. The molecule has 2 nitrogen and oxygen atoms in total. The highest BCUT2D eigenvalue weighted by molar-refractivity contribution is 6.69. The molecule has 0 aromatic heterocycles. The van der Waals surface area contributed by atoms with Gasteiger partial charge in [-0.15, -0.1) is 0 Å². The Morgan fingerprint density at radius 3 is 1.46 bits per heavy atom. The standard InChI is InChI=1S/C21H31NOSi/c1-20(2,3)19(22)21(23-24(4,5)6,17-13-9-7-10-14-17)18-15-11-8-12-16-18/h7-16,19H,22H2,1-6H3/t19-/m0/s1. The molecule has 0 amide bonds. The van der Waals surface area contributed by atoms with Gasteiger partial charge < -0.3 is 10.2 Å². The van der Waals surface area contributed by atoms with Gasteiger partial charge in [0.15, 0.2) is 8.32 Å². The Morgan fingerprint density at radius 2 is 1.17 bits per heavy atom. The molecule has 2 aromatic rings. The molecule has 0 radical (unpaired) electrons. The van der Waals surface area contributed by atoms with Gasteiger partial charge >= 0.3 is 0 Å². The van der Waals surface area contributed by atoms with Crippen molar-refractivity contribution in [3.05, 3.63) is 71.8 Å². The summed E-state index contributed by atoms with van der Waals surface area (Å²) in [6.07, 6.45) is 0. The molecule has 0 saturated heterocycles. The number of hydrogen-bond donors (Lipinski definition) is 1. The molecular weight excluding hydrogens is 310 g/mol. The number of benzene rings is 2. The summed E-state index contributed by atoms with van der Waals surface area (Å²) in [6, 6.07) is 20.7. The summed E-state index contributed by atoms with van der Waals surface area (Å²) in [5.41, 5.74) is 8.40. The Morgan fingerprint density at radius 1 is 0.792 bits per heavy atom. The molecule has 24 heavy (non-hydrogen) atoms. The van der Waals surface area contributed by atoms with E-state index in [9.17, 15) is 0 Å². The van der Waals surface area contributed by atoms with E-state index in [1.165, 1.54) is 0 Å². The highest BCUT2D eigenvalue weighted by Crippen LogP contribution is 2.44. The van der Waals surface area contributed by atoms with Gasteiger partial charge in [0.1, 0.15) is 5.60 Å². The normalized spacial score (nSPS) is 14.5. The Kier molecular flexibility index (Phi) is 5.38. The fourth-order valence-corrected chi connectivity index (χ4v) is 4.50. The van der Waals surface area contributed by atoms with Gasteiger partial charge in [0.2, 0.25) is 0 Å². The van der Waals surface area contributed by atoms with Crippen molar-refractivity contribution >= 4 is 8.32 Å². The van der Waals surface area contributed by atoms with Crippen LogP contribution >= 0.6 is 0 Å². The zero-order chi connectivity index (χ0) is 18.0. The molecule has 2 N–H and O–H groups in total. The monoisotopic (exact) mass is 341 g/mol. The van der Waals surface area contributed by atoms with Gasteiger partial charge in [-0.3, -0.25) is 0 Å². The van der Waals surface area contributed by atoms with Crippen LogP contribution in [0.15, 0.2) is 60.7 Å². The van der Waals surface area contributed by atoms with Crippen molar-refractivity contribution in [1.29, 1.82) is 0 Å². The summed E-state index contributed by atoms with van der Waals surface area (Å²) in [7, 11) is -1.88. The zero-order valence-corrected chi connectivity index (χ0v) is 16.8. The van der Waals surface area contributed by atoms with Gasteiger partial charge in [0.25, 0.3) is 0 Å². The van der Waals surface area contributed by atoms with Crippen LogP contribution in [0.25, 0.3) is 0 Å². The summed E-state index contributed by atoms with van der Waals surface area (Å²) in [4.78, 5) is 0. The van der Waals surface area contributed by atoms with Crippen molar-refractivity contribution in [2.24, 2.45) is 11.1 Å². The molecule has 1 atom stereocenters. The third-order valence-electron chi connectivity index (χ3n) is 4.24. The average Bonchev–Trinajstić information content (AvgIpc) is 2.52. The van der Waals surface area contributed by atoms with Crippen molar-refractivity contribution in [2.75, 3.05) is 0 Å². The van der Waals surface area contributed by atoms with E-state index in [2.05, 4.69) is 88.9 Å². The predicted octanol–water partition coefficient (Wildman–Crippen LogP) is 5.16. The van der Waals surface area contributed by atoms with E-state index in [0.29, 0.717) is 0 Å². The summed E-state index contributed by atoms with van der Waals surface area (Å²) in [5, 5.41) is 0. The molecule has 3 heteroatoms. The SMILES string of the molecule is CC(C)(C)[C@H](N)C(O[Si](C)(C)C)(c1ccccc1)c1ccccc1. The highest BCUT2D eigenvalue weighted by atomic mass is 28.4. The molecule has 0 spiro atoms. The molecule has 0 aliphatic carbocycles. The lowest BCUT2D eigenvalue weighted by Gasteiger charge is -2.48. The first-order chi connectivity index (χ1) is 11.1. The summed E-state index contributed by atoms with van der Waals surface area (Å²) >= 11 is 0. The van der Waals surface area contributed by atoms with E-state index < -0.39 is 13.9 Å². The van der Waals surface area contributed by atoms with E-state index >= 15 is 0 Å². The molecule has 0 aliphatic heterocycles. The third-order valence-corrected chi connectivity index (χ3v) is 5.18. The van der Waals surface area contributed by atoms with Crippen LogP contribution in [-0.2, 0) is 10.0 Å². The van der Waals surface area contributed by atoms with Gasteiger partial charge in [0.05, 0.1) is 0 Å². The van der Waals surface area contributed by atoms with E-state index in [1.807, 2.05) is 12.1 Å². The van der Waals surface area contributed by atoms with Gasteiger partial charge in [-0.05, 0) is 36.2 Å². The van der Waals surface area contributed by atoms with Gasteiger partial charge in [0, 0.05) is 6.04 Å². The summed E-state index contributed by atoms with van der Waals surface area (Å²) in [5.74, 6) is 0. The van der Waals surface area contributed by atoms with E-state index in [4.69, 9.17) is 10.2 Å². The van der Waals surface area contributed by atoms with E-state index in [-0.39, 0.29) is 11.5 Å². The first-order valence-electron chi connectivity index (χ1n) is 8.64. The maximum absolute atomic E-state index is 6.90. The Balaban J connectivity index is 2.78. The molecular formula is C21H31NOSi. The van der Waals surface area contributed by atoms with Crippen LogP contribution in [0.5, 0.6) is 0 Å². The minimum absolute atomic E-state index is 0.106. The largest absolute Gasteiger partial charge is 0.403 e. The Bertz CT molecular complexity index is 602. The fourth-order valence-electron chi connectivity index (χ4n) is 3.17. The fraction of sp³-hybridized carbons (Fsp3) is 0.429. The second kappa shape index (κ2) is 6.83. The minimum atomic E-state index is -1.88. The maximum atomic E-state index is 6.90. The van der Waals surface area contributed by atoms with Crippen LogP contribution in [0.1, 0.15) is 31.9 Å². The molecule has 0 fully saturated rings. The quantitative estimate of drug-likeness (QED) is 0.763. The second-order valence-corrected chi connectivity index (χ2v) is 13.0. The smallest absolute Gasteiger partial charge is 0.185 e. The Hall–Kier alpha value is -1.42. The van der Waals surface area contributed by atoms with Crippen LogP contribution in [-0.4, -0.2) is 14.4 Å². The lowest BCUT2D eigenvalue weighted by Crippen LogP contribution is -2.58.